The standard InChI is InChI=1S/C8H12N/c1-2-9-8-6-4-3-5-7-8/h4-7,9H,2-3H2,1H3. The minimum Gasteiger partial charge on any atom is -0.386 e. The Morgan fingerprint density at radius 2 is 2.56 bits per heavy atom. The normalized spacial score (nSPS) is 17.2. The number of rotatable bonds is 2. The second-order valence-electron chi connectivity index (χ2n) is 2.03. The molecule has 0 unspecified atom stereocenters. The zero-order chi connectivity index (χ0) is 6.53. The Morgan fingerprint density at radius 1 is 1.67 bits per heavy atom. The summed E-state index contributed by atoms with van der Waals surface area (Å²) in [6, 6.07) is 0. The van der Waals surface area contributed by atoms with E-state index in [0.717, 1.165) is 13.0 Å². The fourth-order valence-electron chi connectivity index (χ4n) is 0.846. The van der Waals surface area contributed by atoms with Gasteiger partial charge in [0.1, 0.15) is 0 Å². The lowest BCUT2D eigenvalue weighted by Crippen LogP contribution is -2.11. The summed E-state index contributed by atoms with van der Waals surface area (Å²) >= 11 is 0. The lowest BCUT2D eigenvalue weighted by Gasteiger charge is -2.06. The monoisotopic (exact) mass is 122 g/mol. The summed E-state index contributed by atoms with van der Waals surface area (Å²) < 4.78 is 0. The van der Waals surface area contributed by atoms with Gasteiger partial charge in [0, 0.05) is 12.2 Å². The van der Waals surface area contributed by atoms with Gasteiger partial charge in [0.15, 0.2) is 0 Å². The third kappa shape index (κ3) is 1.92. The molecule has 0 heterocycles. The van der Waals surface area contributed by atoms with Crippen molar-refractivity contribution in [2.75, 3.05) is 6.54 Å². The third-order valence-corrected chi connectivity index (χ3v) is 1.25. The van der Waals surface area contributed by atoms with Crippen LogP contribution in [0.25, 0.3) is 0 Å². The molecule has 1 radical (unpaired) electrons. The first-order valence-corrected chi connectivity index (χ1v) is 3.37. The molecule has 49 valence electrons. The minimum absolute atomic E-state index is 1.00. The topological polar surface area (TPSA) is 12.0 Å². The molecule has 1 aliphatic rings. The van der Waals surface area contributed by atoms with Crippen LogP contribution >= 0.6 is 0 Å². The van der Waals surface area contributed by atoms with Gasteiger partial charge in [-0.3, -0.25) is 0 Å². The molecular formula is C8H12N. The maximum atomic E-state index is 3.23. The first-order chi connectivity index (χ1) is 4.43. The van der Waals surface area contributed by atoms with Crippen LogP contribution in [0.5, 0.6) is 0 Å². The van der Waals surface area contributed by atoms with E-state index >= 15 is 0 Å². The highest BCUT2D eigenvalue weighted by Gasteiger charge is 1.92. The Kier molecular flexibility index (Phi) is 2.37. The number of allylic oxidation sites excluding steroid dienone is 3. The highest BCUT2D eigenvalue weighted by molar-refractivity contribution is 5.25. The number of likely N-dealkylation sites (N-methyl/N-ethyl adjacent to an activating group) is 1. The quantitative estimate of drug-likeness (QED) is 0.587. The Morgan fingerprint density at radius 3 is 3.11 bits per heavy atom. The van der Waals surface area contributed by atoms with E-state index in [9.17, 15) is 0 Å². The van der Waals surface area contributed by atoms with Crippen LogP contribution in [0, 0.1) is 6.42 Å². The molecule has 0 aromatic carbocycles. The minimum atomic E-state index is 1.00. The van der Waals surface area contributed by atoms with Crippen molar-refractivity contribution < 1.29 is 0 Å². The van der Waals surface area contributed by atoms with Crippen molar-refractivity contribution in [1.29, 1.82) is 0 Å². The molecule has 0 aliphatic heterocycles. The van der Waals surface area contributed by atoms with E-state index in [1.165, 1.54) is 5.70 Å². The average Bonchev–Trinajstić information content (AvgIpc) is 1.91. The van der Waals surface area contributed by atoms with Gasteiger partial charge in [-0.2, -0.15) is 0 Å². The van der Waals surface area contributed by atoms with Gasteiger partial charge >= 0.3 is 0 Å². The van der Waals surface area contributed by atoms with E-state index in [0.29, 0.717) is 0 Å². The van der Waals surface area contributed by atoms with Crippen LogP contribution in [0.1, 0.15) is 13.3 Å². The van der Waals surface area contributed by atoms with E-state index in [-0.39, 0.29) is 0 Å². The van der Waals surface area contributed by atoms with E-state index < -0.39 is 0 Å². The fourth-order valence-corrected chi connectivity index (χ4v) is 0.846. The molecule has 1 N–H and O–H groups in total. The van der Waals surface area contributed by atoms with Crippen molar-refractivity contribution in [3.05, 3.63) is 30.3 Å². The van der Waals surface area contributed by atoms with Crippen molar-refractivity contribution >= 4 is 0 Å². The fraction of sp³-hybridized carbons (Fsp3) is 0.375. The molecular weight excluding hydrogens is 110 g/mol. The molecule has 0 fully saturated rings. The summed E-state index contributed by atoms with van der Waals surface area (Å²) in [6.07, 6.45) is 9.61. The van der Waals surface area contributed by atoms with Crippen LogP contribution in [-0.4, -0.2) is 6.54 Å². The molecule has 9 heavy (non-hydrogen) atoms. The summed E-state index contributed by atoms with van der Waals surface area (Å²) in [5, 5.41) is 3.23. The van der Waals surface area contributed by atoms with Crippen LogP contribution in [0.3, 0.4) is 0 Å². The highest BCUT2D eigenvalue weighted by atomic mass is 14.9. The van der Waals surface area contributed by atoms with Crippen LogP contribution in [0.2, 0.25) is 0 Å². The third-order valence-electron chi connectivity index (χ3n) is 1.25. The largest absolute Gasteiger partial charge is 0.386 e. The van der Waals surface area contributed by atoms with Gasteiger partial charge in [-0.05, 0) is 25.8 Å². The Hall–Kier alpha value is -0.720. The number of nitrogens with one attached hydrogen (secondary N) is 1. The van der Waals surface area contributed by atoms with Gasteiger partial charge < -0.3 is 5.32 Å². The molecule has 0 spiro atoms. The molecule has 0 amide bonds. The molecule has 0 bridgehead atoms. The first kappa shape index (κ1) is 6.40. The van der Waals surface area contributed by atoms with E-state index in [1.54, 1.807) is 0 Å². The van der Waals surface area contributed by atoms with Gasteiger partial charge in [0.05, 0.1) is 0 Å². The summed E-state index contributed by atoms with van der Waals surface area (Å²) in [5.74, 6) is 0. The first-order valence-electron chi connectivity index (χ1n) is 3.37. The van der Waals surface area contributed by atoms with Gasteiger partial charge in [-0.15, -0.1) is 0 Å². The predicted octanol–water partition coefficient (Wildman–Crippen LogP) is 1.64. The molecule has 0 aromatic heterocycles. The van der Waals surface area contributed by atoms with E-state index in [4.69, 9.17) is 0 Å². The van der Waals surface area contributed by atoms with Crippen LogP contribution < -0.4 is 5.32 Å². The van der Waals surface area contributed by atoms with Crippen LogP contribution in [-0.2, 0) is 0 Å². The number of hydrogen-bond acceptors (Lipinski definition) is 1. The molecule has 1 rings (SSSR count). The second kappa shape index (κ2) is 3.33. The van der Waals surface area contributed by atoms with Gasteiger partial charge in [0.2, 0.25) is 0 Å². The van der Waals surface area contributed by atoms with Crippen molar-refractivity contribution in [3.63, 3.8) is 0 Å². The average molecular weight is 122 g/mol. The lowest BCUT2D eigenvalue weighted by atomic mass is 10.1. The van der Waals surface area contributed by atoms with Gasteiger partial charge in [-0.1, -0.05) is 12.2 Å². The Bertz CT molecular complexity index is 134. The smallest absolute Gasteiger partial charge is 0.0299 e. The molecule has 0 aromatic rings. The van der Waals surface area contributed by atoms with Crippen molar-refractivity contribution in [2.45, 2.75) is 13.3 Å². The highest BCUT2D eigenvalue weighted by Crippen LogP contribution is 2.04. The summed E-state index contributed by atoms with van der Waals surface area (Å²) in [7, 11) is 0. The van der Waals surface area contributed by atoms with Crippen LogP contribution in [0.4, 0.5) is 0 Å². The van der Waals surface area contributed by atoms with Crippen molar-refractivity contribution in [1.82, 2.24) is 5.32 Å². The Labute approximate surface area is 56.5 Å². The lowest BCUT2D eigenvalue weighted by molar-refractivity contribution is 0.870. The van der Waals surface area contributed by atoms with Crippen LogP contribution in [0.15, 0.2) is 23.9 Å². The van der Waals surface area contributed by atoms with E-state index in [1.807, 2.05) is 0 Å². The predicted molar refractivity (Wildman–Crippen MR) is 39.8 cm³/mol. The molecule has 0 atom stereocenters. The zero-order valence-corrected chi connectivity index (χ0v) is 5.72. The van der Waals surface area contributed by atoms with Crippen molar-refractivity contribution in [3.8, 4) is 0 Å². The maximum absolute atomic E-state index is 3.23. The van der Waals surface area contributed by atoms with E-state index in [2.05, 4.69) is 36.9 Å². The summed E-state index contributed by atoms with van der Waals surface area (Å²) in [6.45, 7) is 3.10. The van der Waals surface area contributed by atoms with Crippen molar-refractivity contribution in [2.24, 2.45) is 0 Å². The summed E-state index contributed by atoms with van der Waals surface area (Å²) in [4.78, 5) is 0. The zero-order valence-electron chi connectivity index (χ0n) is 5.72. The maximum Gasteiger partial charge on any atom is 0.0299 e. The van der Waals surface area contributed by atoms with Gasteiger partial charge in [-0.25, -0.2) is 0 Å². The second-order valence-corrected chi connectivity index (χ2v) is 2.03. The SMILES string of the molecule is CCNC1=C[CH]CC=C1. The van der Waals surface area contributed by atoms with Gasteiger partial charge in [0.25, 0.3) is 0 Å². The molecule has 0 saturated carbocycles. The molecule has 1 aliphatic carbocycles. The number of hydrogen-bond donors (Lipinski definition) is 1. The molecule has 1 heteroatoms. The molecule has 1 nitrogen and oxygen atoms in total. The Balaban J connectivity index is 2.38. The molecule has 0 saturated heterocycles. The summed E-state index contributed by atoms with van der Waals surface area (Å²) in [5.41, 5.74) is 1.23.